The van der Waals surface area contributed by atoms with Gasteiger partial charge < -0.3 is 9.67 Å². The van der Waals surface area contributed by atoms with Crippen LogP contribution in [0.25, 0.3) is 11.0 Å². The lowest BCUT2D eigenvalue weighted by Gasteiger charge is -2.23. The lowest BCUT2D eigenvalue weighted by Crippen LogP contribution is -2.17. The third-order valence-corrected chi connectivity index (χ3v) is 6.49. The van der Waals surface area contributed by atoms with Gasteiger partial charge in [-0.25, -0.2) is 13.4 Å². The lowest BCUT2D eigenvalue weighted by molar-refractivity contribution is -0.137. The molecule has 4 rings (SSSR count). The van der Waals surface area contributed by atoms with Crippen LogP contribution in [-0.2, 0) is 21.2 Å². The molecule has 0 saturated carbocycles. The highest BCUT2D eigenvalue weighted by atomic mass is 35.5. The number of hydrogen-bond donors (Lipinski definition) is 2. The molecule has 6 nitrogen and oxygen atoms in total. The van der Waals surface area contributed by atoms with Gasteiger partial charge in [-0.2, -0.15) is 0 Å². The van der Waals surface area contributed by atoms with Gasteiger partial charge in [-0.15, -0.1) is 12.6 Å². The highest BCUT2D eigenvalue weighted by Gasteiger charge is 2.27. The van der Waals surface area contributed by atoms with E-state index in [1.165, 1.54) is 18.5 Å². The molecule has 1 atom stereocenters. The van der Waals surface area contributed by atoms with Crippen molar-refractivity contribution in [3.8, 4) is 0 Å². The Hall–Kier alpha value is -2.03. The molecule has 154 valence electrons. The highest BCUT2D eigenvalue weighted by molar-refractivity contribution is 7.91. The fraction of sp³-hybridized carbons (Fsp3) is 0.300. The minimum atomic E-state index is -3.34. The van der Waals surface area contributed by atoms with Crippen LogP contribution < -0.4 is 0 Å². The quantitative estimate of drug-likeness (QED) is 0.574. The maximum atomic E-state index is 11.9. The van der Waals surface area contributed by atoms with Crippen LogP contribution in [0.1, 0.15) is 30.9 Å². The van der Waals surface area contributed by atoms with Gasteiger partial charge in [0.1, 0.15) is 5.65 Å². The lowest BCUT2D eigenvalue weighted by atomic mass is 9.93. The molecule has 0 aliphatic carbocycles. The summed E-state index contributed by atoms with van der Waals surface area (Å²) < 4.78 is 25.7. The van der Waals surface area contributed by atoms with Gasteiger partial charge in [0.25, 0.3) is 0 Å². The largest absolute Gasteiger partial charge is 0.481 e. The van der Waals surface area contributed by atoms with Crippen LogP contribution >= 0.6 is 24.2 Å². The summed E-state index contributed by atoms with van der Waals surface area (Å²) >= 11 is 9.65. The molecule has 0 amide bonds. The Kier molecular flexibility index (Phi) is 6.55. The molecule has 1 aliphatic heterocycles. The molecule has 9 heteroatoms. The number of carbonyl (C=O) groups is 1. The molecule has 3 aromatic rings. The number of halogens is 1. The predicted molar refractivity (Wildman–Crippen MR) is 116 cm³/mol. The first-order valence-corrected chi connectivity index (χ1v) is 11.7. The van der Waals surface area contributed by atoms with Crippen molar-refractivity contribution in [2.24, 2.45) is 0 Å². The molecule has 0 saturated heterocycles. The second kappa shape index (κ2) is 8.77. The predicted octanol–water partition coefficient (Wildman–Crippen LogP) is 4.42. The van der Waals surface area contributed by atoms with E-state index in [4.69, 9.17) is 16.7 Å². The molecule has 1 aliphatic rings. The number of carboxylic acid groups (broad SMARTS) is 1. The minimum Gasteiger partial charge on any atom is -0.481 e. The van der Waals surface area contributed by atoms with Crippen molar-refractivity contribution in [2.75, 3.05) is 6.26 Å². The van der Waals surface area contributed by atoms with E-state index in [2.05, 4.69) is 17.6 Å². The van der Waals surface area contributed by atoms with Gasteiger partial charge in [-0.3, -0.25) is 4.79 Å². The molecule has 29 heavy (non-hydrogen) atoms. The number of rotatable bonds is 3. The Morgan fingerprint density at radius 2 is 2.00 bits per heavy atom. The van der Waals surface area contributed by atoms with Gasteiger partial charge in [-0.1, -0.05) is 11.6 Å². The molecule has 2 aromatic heterocycles. The van der Waals surface area contributed by atoms with Crippen LogP contribution in [0, 0.1) is 0 Å². The Bertz CT molecular complexity index is 1120. The van der Waals surface area contributed by atoms with Crippen molar-refractivity contribution in [1.29, 1.82) is 0 Å². The summed E-state index contributed by atoms with van der Waals surface area (Å²) in [4.78, 5) is 16.5. The number of benzene rings is 1. The van der Waals surface area contributed by atoms with Crippen LogP contribution in [0.5, 0.6) is 0 Å². The average Bonchev–Trinajstić information content (AvgIpc) is 3.03. The van der Waals surface area contributed by atoms with Gasteiger partial charge in [0, 0.05) is 45.9 Å². The van der Waals surface area contributed by atoms with Crippen molar-refractivity contribution in [3.05, 3.63) is 53.3 Å². The van der Waals surface area contributed by atoms with E-state index in [9.17, 15) is 13.2 Å². The molecule has 3 heterocycles. The number of fused-ring (bicyclic) bond motifs is 3. The van der Waals surface area contributed by atoms with Gasteiger partial charge >= 0.3 is 5.97 Å². The Morgan fingerprint density at radius 3 is 2.59 bits per heavy atom. The van der Waals surface area contributed by atoms with Gasteiger partial charge in [0.2, 0.25) is 0 Å². The number of carboxylic acids is 1. The van der Waals surface area contributed by atoms with E-state index in [0.717, 1.165) is 35.0 Å². The first-order valence-electron chi connectivity index (χ1n) is 9.01. The first-order chi connectivity index (χ1) is 13.7. The number of sulfone groups is 1. The number of nitrogens with zero attached hydrogens (tertiary/aromatic N) is 2. The summed E-state index contributed by atoms with van der Waals surface area (Å²) in [5.41, 5.74) is 1.50. The second-order valence-corrected chi connectivity index (χ2v) is 9.89. The normalized spacial score (nSPS) is 16.0. The molecule has 1 N–H and O–H groups in total. The molecule has 1 unspecified atom stereocenters. The van der Waals surface area contributed by atoms with Gasteiger partial charge in [0.05, 0.1) is 11.3 Å². The molecular weight excluding hydrogens is 432 g/mol. The number of pyridine rings is 1. The van der Waals surface area contributed by atoms with Crippen LogP contribution in [0.3, 0.4) is 0 Å². The van der Waals surface area contributed by atoms with E-state index < -0.39 is 15.8 Å². The highest BCUT2D eigenvalue weighted by Crippen LogP contribution is 2.36. The molecule has 0 fully saturated rings. The average molecular weight is 453 g/mol. The second-order valence-electron chi connectivity index (χ2n) is 6.95. The van der Waals surface area contributed by atoms with E-state index in [-0.39, 0.29) is 17.2 Å². The fourth-order valence-electron chi connectivity index (χ4n) is 3.54. The molecule has 0 radical (unpaired) electrons. The Balaban J connectivity index is 0.000000252. The third-order valence-electron chi connectivity index (χ3n) is 4.79. The smallest absolute Gasteiger partial charge is 0.304 e. The number of aliphatic carboxylic acids is 1. The Morgan fingerprint density at radius 1 is 1.31 bits per heavy atom. The summed E-state index contributed by atoms with van der Waals surface area (Å²) in [6, 6.07) is 10.6. The number of hydrogen-bond acceptors (Lipinski definition) is 5. The number of thiol groups is 1. The summed E-state index contributed by atoms with van der Waals surface area (Å²) in [5, 5.41) is 10.4. The zero-order chi connectivity index (χ0) is 21.2. The molecular formula is C20H21ClN2O4S2. The maximum absolute atomic E-state index is 11.9. The summed E-state index contributed by atoms with van der Waals surface area (Å²) in [5.74, 6) is -0.923. The van der Waals surface area contributed by atoms with Crippen molar-refractivity contribution in [3.63, 3.8) is 0 Å². The van der Waals surface area contributed by atoms with Crippen LogP contribution in [0.2, 0.25) is 5.02 Å². The summed E-state index contributed by atoms with van der Waals surface area (Å²) in [6.45, 7) is 0.745. The van der Waals surface area contributed by atoms with E-state index in [1.54, 1.807) is 6.07 Å². The topological polar surface area (TPSA) is 89.3 Å². The fourth-order valence-corrected chi connectivity index (χ4v) is 4.68. The van der Waals surface area contributed by atoms with Crippen molar-refractivity contribution < 1.29 is 18.3 Å². The van der Waals surface area contributed by atoms with E-state index in [0.29, 0.717) is 11.0 Å². The van der Waals surface area contributed by atoms with Crippen molar-refractivity contribution >= 4 is 51.1 Å². The summed E-state index contributed by atoms with van der Waals surface area (Å²) in [7, 11) is -3.34. The summed E-state index contributed by atoms with van der Waals surface area (Å²) in [6.07, 6.45) is 4.40. The third kappa shape index (κ3) is 5.12. The Labute approximate surface area is 179 Å². The van der Waals surface area contributed by atoms with Gasteiger partial charge in [-0.05, 0) is 49.2 Å². The number of aromatic nitrogens is 2. The molecule has 0 bridgehead atoms. The van der Waals surface area contributed by atoms with Crippen molar-refractivity contribution in [2.45, 2.75) is 41.5 Å². The molecule has 0 spiro atoms. The van der Waals surface area contributed by atoms with Crippen LogP contribution in [-0.4, -0.2) is 35.3 Å². The van der Waals surface area contributed by atoms with Crippen LogP contribution in [0.15, 0.2) is 52.4 Å². The van der Waals surface area contributed by atoms with Gasteiger partial charge in [0.15, 0.2) is 9.84 Å². The maximum Gasteiger partial charge on any atom is 0.304 e. The SMILES string of the molecule is CS(=O)(=O)c1ccnc2c1cc1n2CCCC1CC(=O)O.Sc1ccc(Cl)cc1. The van der Waals surface area contributed by atoms with E-state index in [1.807, 2.05) is 28.8 Å². The first kappa shape index (κ1) is 21.7. The zero-order valence-corrected chi connectivity index (χ0v) is 18.2. The number of aryl methyl sites for hydroxylation is 1. The minimum absolute atomic E-state index is 0.0600. The van der Waals surface area contributed by atoms with E-state index >= 15 is 0 Å². The van der Waals surface area contributed by atoms with Crippen LogP contribution in [0.4, 0.5) is 0 Å². The zero-order valence-electron chi connectivity index (χ0n) is 15.7. The van der Waals surface area contributed by atoms with Crippen molar-refractivity contribution in [1.82, 2.24) is 9.55 Å². The molecule has 1 aromatic carbocycles. The monoisotopic (exact) mass is 452 g/mol. The standard InChI is InChI=1S/C14H16N2O4S.C6H5ClS/c1-21(19,20)12-4-5-15-14-10(12)8-11-9(7-13(17)18)3-2-6-16(11)14;7-5-1-3-6(8)4-2-5/h4-5,8-9H,2-3,6-7H2,1H3,(H,17,18);1-4,8H.